The van der Waals surface area contributed by atoms with Crippen molar-refractivity contribution in [1.29, 1.82) is 0 Å². The van der Waals surface area contributed by atoms with Crippen LogP contribution < -0.4 is 15.4 Å². The third kappa shape index (κ3) is 9.50. The summed E-state index contributed by atoms with van der Waals surface area (Å²) in [6.07, 6.45) is 5.59. The summed E-state index contributed by atoms with van der Waals surface area (Å²) < 4.78 is 5.07. The first-order valence-electron chi connectivity index (χ1n) is 13.0. The van der Waals surface area contributed by atoms with Gasteiger partial charge in [-0.3, -0.25) is 19.2 Å². The van der Waals surface area contributed by atoms with E-state index in [1.807, 2.05) is 36.4 Å². The van der Waals surface area contributed by atoms with Crippen LogP contribution in [0, 0.1) is 5.92 Å². The van der Waals surface area contributed by atoms with E-state index in [1.54, 1.807) is 30.5 Å². The summed E-state index contributed by atoms with van der Waals surface area (Å²) in [6.45, 7) is 2.37. The number of nitrogens with one attached hydrogen (secondary N) is 2. The van der Waals surface area contributed by atoms with Crippen molar-refractivity contribution in [3.8, 4) is 17.3 Å². The summed E-state index contributed by atoms with van der Waals surface area (Å²) in [5.74, 6) is -1.09. The van der Waals surface area contributed by atoms with E-state index >= 15 is 0 Å². The maximum absolute atomic E-state index is 13.0. The number of nitrogens with zero attached hydrogens (tertiary/aromatic N) is 3. The van der Waals surface area contributed by atoms with E-state index in [2.05, 4.69) is 27.5 Å². The number of ether oxygens (including phenoxy) is 1. The zero-order valence-electron chi connectivity index (χ0n) is 22.3. The van der Waals surface area contributed by atoms with E-state index < -0.39 is 5.92 Å². The van der Waals surface area contributed by atoms with Gasteiger partial charge in [-0.05, 0) is 30.2 Å². The molecule has 1 heterocycles. The number of carbonyl (C=O) groups is 3. The van der Waals surface area contributed by atoms with E-state index in [0.29, 0.717) is 24.1 Å². The highest BCUT2D eigenvalue weighted by Crippen LogP contribution is 2.19. The third-order valence-corrected chi connectivity index (χ3v) is 6.03. The van der Waals surface area contributed by atoms with Crippen LogP contribution in [-0.2, 0) is 21.0 Å². The molecule has 1 aromatic heterocycles. The smallest absolute Gasteiger partial charge is 0.316 e. The van der Waals surface area contributed by atoms with Crippen LogP contribution in [0.25, 0.3) is 11.3 Å². The molecule has 0 saturated carbocycles. The predicted octanol–water partition coefficient (Wildman–Crippen LogP) is 3.74. The number of methoxy groups -OCH3 is 1. The Bertz CT molecular complexity index is 1210. The monoisotopic (exact) mass is 533 g/mol. The molecule has 0 aliphatic carbocycles. The standard InChI is InChI=1S/C29H35N5O5/c1-3-4-6-12-25(18-34(21-35)39-19-22-10-7-5-8-11-22)28(37)32-20-31-27(36)24-14-9-13-23(17-24)26-15-16-30-29(33-26)38-2/h5,7-11,13-17,21,25H,3-4,6,12,18-20H2,1-2H3,(H,31,36)(H,32,37)/t25-/m1/s1. The lowest BCUT2D eigenvalue weighted by atomic mass is 10.00. The molecule has 0 bridgehead atoms. The zero-order valence-corrected chi connectivity index (χ0v) is 22.3. The Morgan fingerprint density at radius 1 is 1.05 bits per heavy atom. The second kappa shape index (κ2) is 15.8. The van der Waals surface area contributed by atoms with Gasteiger partial charge in [0.1, 0.15) is 6.61 Å². The minimum absolute atomic E-state index is 0.0561. The largest absolute Gasteiger partial charge is 0.467 e. The van der Waals surface area contributed by atoms with Crippen molar-refractivity contribution in [3.05, 3.63) is 78.0 Å². The van der Waals surface area contributed by atoms with Crippen LogP contribution in [-0.4, -0.2) is 53.6 Å². The molecule has 206 valence electrons. The molecule has 3 aromatic rings. The molecular weight excluding hydrogens is 498 g/mol. The number of aromatic nitrogens is 2. The molecule has 39 heavy (non-hydrogen) atoms. The molecule has 0 fully saturated rings. The van der Waals surface area contributed by atoms with Crippen LogP contribution in [0.2, 0.25) is 0 Å². The van der Waals surface area contributed by atoms with Gasteiger partial charge in [0.2, 0.25) is 12.3 Å². The van der Waals surface area contributed by atoms with Crippen molar-refractivity contribution in [2.24, 2.45) is 5.92 Å². The summed E-state index contributed by atoms with van der Waals surface area (Å²) in [4.78, 5) is 51.3. The van der Waals surface area contributed by atoms with Crippen LogP contribution in [0.3, 0.4) is 0 Å². The number of hydroxylamine groups is 2. The van der Waals surface area contributed by atoms with E-state index in [-0.39, 0.29) is 37.6 Å². The minimum atomic E-state index is -0.481. The van der Waals surface area contributed by atoms with Crippen LogP contribution in [0.1, 0.15) is 48.5 Å². The Balaban J connectivity index is 1.55. The number of hydrogen-bond donors (Lipinski definition) is 2. The lowest BCUT2D eigenvalue weighted by Gasteiger charge is -2.23. The Labute approximate surface area is 228 Å². The normalized spacial score (nSPS) is 11.3. The van der Waals surface area contributed by atoms with Gasteiger partial charge in [-0.2, -0.15) is 4.98 Å². The van der Waals surface area contributed by atoms with Crippen LogP contribution in [0.15, 0.2) is 66.9 Å². The third-order valence-electron chi connectivity index (χ3n) is 6.03. The molecule has 3 amide bonds. The molecule has 1 atom stereocenters. The number of unbranched alkanes of at least 4 members (excludes halogenated alkanes) is 2. The van der Waals surface area contributed by atoms with Gasteiger partial charge in [0.25, 0.3) is 5.91 Å². The number of amides is 3. The average Bonchev–Trinajstić information content (AvgIpc) is 2.98. The van der Waals surface area contributed by atoms with Gasteiger partial charge >= 0.3 is 6.01 Å². The zero-order chi connectivity index (χ0) is 27.9. The maximum Gasteiger partial charge on any atom is 0.316 e. The van der Waals surface area contributed by atoms with Gasteiger partial charge in [-0.15, -0.1) is 0 Å². The molecule has 0 aliphatic heterocycles. The van der Waals surface area contributed by atoms with Crippen molar-refractivity contribution in [3.63, 3.8) is 0 Å². The van der Waals surface area contributed by atoms with Gasteiger partial charge in [-0.1, -0.05) is 68.7 Å². The molecule has 2 N–H and O–H groups in total. The number of benzene rings is 2. The molecular formula is C29H35N5O5. The van der Waals surface area contributed by atoms with Crippen LogP contribution in [0.5, 0.6) is 6.01 Å². The lowest BCUT2D eigenvalue weighted by Crippen LogP contribution is -2.43. The average molecular weight is 534 g/mol. The fraction of sp³-hybridized carbons (Fsp3) is 0.345. The molecule has 10 heteroatoms. The lowest BCUT2D eigenvalue weighted by molar-refractivity contribution is -0.182. The second-order valence-corrected chi connectivity index (χ2v) is 8.89. The highest BCUT2D eigenvalue weighted by atomic mass is 16.7. The van der Waals surface area contributed by atoms with Crippen molar-refractivity contribution in [1.82, 2.24) is 25.7 Å². The predicted molar refractivity (Wildman–Crippen MR) is 146 cm³/mol. The Hall–Kier alpha value is -4.31. The first-order chi connectivity index (χ1) is 19.0. The minimum Gasteiger partial charge on any atom is -0.467 e. The first-order valence-corrected chi connectivity index (χ1v) is 13.0. The maximum atomic E-state index is 13.0. The summed E-state index contributed by atoms with van der Waals surface area (Å²) in [6, 6.07) is 18.4. The highest BCUT2D eigenvalue weighted by Gasteiger charge is 2.22. The summed E-state index contributed by atoms with van der Waals surface area (Å²) in [5, 5.41) is 6.66. The topological polar surface area (TPSA) is 123 Å². The molecule has 0 aliphatic rings. The molecule has 10 nitrogen and oxygen atoms in total. The van der Waals surface area contributed by atoms with Crippen LogP contribution in [0.4, 0.5) is 0 Å². The first kappa shape index (κ1) is 29.2. The highest BCUT2D eigenvalue weighted by molar-refractivity contribution is 5.95. The Kier molecular flexibility index (Phi) is 11.9. The van der Waals surface area contributed by atoms with Crippen molar-refractivity contribution < 1.29 is 24.0 Å². The van der Waals surface area contributed by atoms with Crippen molar-refractivity contribution in [2.45, 2.75) is 39.2 Å². The summed E-state index contributed by atoms with van der Waals surface area (Å²) in [7, 11) is 1.49. The number of carbonyl (C=O) groups excluding carboxylic acids is 3. The Morgan fingerprint density at radius 2 is 1.87 bits per heavy atom. The molecule has 0 saturated heterocycles. The van der Waals surface area contributed by atoms with E-state index in [9.17, 15) is 14.4 Å². The van der Waals surface area contributed by atoms with Gasteiger partial charge in [0.15, 0.2) is 0 Å². The fourth-order valence-electron chi connectivity index (χ4n) is 3.90. The van der Waals surface area contributed by atoms with Gasteiger partial charge in [-0.25, -0.2) is 10.0 Å². The quantitative estimate of drug-likeness (QED) is 0.124. The van der Waals surface area contributed by atoms with E-state index in [4.69, 9.17) is 9.57 Å². The van der Waals surface area contributed by atoms with E-state index in [1.165, 1.54) is 7.11 Å². The second-order valence-electron chi connectivity index (χ2n) is 8.89. The summed E-state index contributed by atoms with van der Waals surface area (Å²) >= 11 is 0. The van der Waals surface area contributed by atoms with Crippen molar-refractivity contribution in [2.75, 3.05) is 20.3 Å². The SMILES string of the molecule is CCCCC[C@H](CN(C=O)OCc1ccccc1)C(=O)NCNC(=O)c1cccc(-c2ccnc(OC)n2)c1. The van der Waals surface area contributed by atoms with Gasteiger partial charge in [0, 0.05) is 17.3 Å². The molecule has 0 spiro atoms. The van der Waals surface area contributed by atoms with E-state index in [0.717, 1.165) is 35.5 Å². The molecule has 3 rings (SSSR count). The molecule has 2 aromatic carbocycles. The van der Waals surface area contributed by atoms with Crippen molar-refractivity contribution >= 4 is 18.2 Å². The number of hydrogen-bond acceptors (Lipinski definition) is 7. The van der Waals surface area contributed by atoms with Crippen LogP contribution >= 0.6 is 0 Å². The molecule has 0 unspecified atom stereocenters. The van der Waals surface area contributed by atoms with Gasteiger partial charge < -0.3 is 15.4 Å². The van der Waals surface area contributed by atoms with Gasteiger partial charge in [0.05, 0.1) is 31.9 Å². The summed E-state index contributed by atoms with van der Waals surface area (Å²) in [5.41, 5.74) is 2.68. The number of rotatable bonds is 16. The molecule has 0 radical (unpaired) electrons. The Morgan fingerprint density at radius 3 is 2.62 bits per heavy atom. The fourth-order valence-corrected chi connectivity index (χ4v) is 3.90.